The molecule has 6 heteroatoms. The van der Waals surface area contributed by atoms with Crippen molar-refractivity contribution in [2.24, 2.45) is 0 Å². The Morgan fingerprint density at radius 1 is 1.21 bits per heavy atom. The van der Waals surface area contributed by atoms with Crippen LogP contribution in [0.3, 0.4) is 0 Å². The Morgan fingerprint density at radius 3 is 2.53 bits per heavy atom. The molecule has 0 radical (unpaired) electrons. The van der Waals surface area contributed by atoms with E-state index in [1.165, 1.54) is 0 Å². The van der Waals surface area contributed by atoms with Crippen molar-refractivity contribution >= 4 is 36.5 Å². The summed E-state index contributed by atoms with van der Waals surface area (Å²) in [7, 11) is -1.50. The van der Waals surface area contributed by atoms with E-state index < -0.39 is 8.07 Å². The third kappa shape index (κ3) is 3.30. The molecule has 2 aromatic heterocycles. The van der Waals surface area contributed by atoms with E-state index in [0.717, 1.165) is 16.6 Å². The Kier molecular flexibility index (Phi) is 3.87. The summed E-state index contributed by atoms with van der Waals surface area (Å²) >= 11 is 6.25. The van der Waals surface area contributed by atoms with Crippen LogP contribution >= 0.6 is 11.6 Å². The quantitative estimate of drug-likeness (QED) is 0.697. The van der Waals surface area contributed by atoms with Crippen LogP contribution in [-0.4, -0.2) is 23.0 Å². The van der Waals surface area contributed by atoms with Gasteiger partial charge in [-0.2, -0.15) is 0 Å². The summed E-state index contributed by atoms with van der Waals surface area (Å²) in [5.41, 5.74) is 1.79. The fourth-order valence-electron chi connectivity index (χ4n) is 1.66. The van der Waals surface area contributed by atoms with E-state index in [9.17, 15) is 0 Å². The van der Waals surface area contributed by atoms with Crippen molar-refractivity contribution in [1.29, 1.82) is 0 Å². The number of nitrogens with zero attached hydrogens (tertiary/aromatic N) is 3. The number of aromatic nitrogens is 3. The molecule has 0 saturated carbocycles. The fourth-order valence-corrected chi connectivity index (χ4v) is 3.77. The Labute approximate surface area is 119 Å². The predicted octanol–water partition coefficient (Wildman–Crippen LogP) is 3.12. The van der Waals surface area contributed by atoms with Gasteiger partial charge in [0.05, 0.1) is 19.5 Å². The number of halogens is 1. The molecule has 0 saturated heterocycles. The van der Waals surface area contributed by atoms with Crippen LogP contribution < -0.4 is 10.5 Å². The Bertz CT molecular complexity index is 595. The normalized spacial score (nSPS) is 11.4. The molecule has 0 aliphatic carbocycles. The highest BCUT2D eigenvalue weighted by Crippen LogP contribution is 2.17. The lowest BCUT2D eigenvalue weighted by Gasteiger charge is -2.17. The molecule has 0 bridgehead atoms. The molecule has 0 aromatic carbocycles. The number of hydrogen-bond donors (Lipinski definition) is 1. The van der Waals surface area contributed by atoms with Gasteiger partial charge in [-0.3, -0.25) is 4.98 Å². The van der Waals surface area contributed by atoms with Crippen molar-refractivity contribution in [3.63, 3.8) is 0 Å². The third-order valence-electron chi connectivity index (χ3n) is 2.80. The molecule has 0 unspecified atom stereocenters. The van der Waals surface area contributed by atoms with Crippen molar-refractivity contribution in [2.45, 2.75) is 26.6 Å². The van der Waals surface area contributed by atoms with E-state index in [1.54, 1.807) is 6.20 Å². The number of nitrogens with one attached hydrogen (secondary N) is 1. The summed E-state index contributed by atoms with van der Waals surface area (Å²) in [5, 5.41) is 4.75. The second-order valence-corrected chi connectivity index (χ2v) is 10.8. The van der Waals surface area contributed by atoms with Crippen molar-refractivity contribution in [3.05, 3.63) is 35.4 Å². The number of hydrogen-bond acceptors (Lipinski definition) is 4. The topological polar surface area (TPSA) is 50.7 Å². The molecule has 4 nitrogen and oxygen atoms in total. The molecule has 2 heterocycles. The maximum atomic E-state index is 6.25. The molecule has 2 aromatic rings. The van der Waals surface area contributed by atoms with E-state index in [1.807, 2.05) is 25.3 Å². The molecular formula is C13H17ClN4Si. The molecule has 0 spiro atoms. The lowest BCUT2D eigenvalue weighted by Crippen LogP contribution is -2.39. The van der Waals surface area contributed by atoms with Gasteiger partial charge in [-0.15, -0.1) is 0 Å². The monoisotopic (exact) mass is 292 g/mol. The van der Waals surface area contributed by atoms with Gasteiger partial charge in [0, 0.05) is 12.4 Å². The molecule has 19 heavy (non-hydrogen) atoms. The minimum absolute atomic E-state index is 0.503. The smallest absolute Gasteiger partial charge is 0.228 e. The van der Waals surface area contributed by atoms with Crippen LogP contribution in [0, 0.1) is 6.92 Å². The standard InChI is InChI=1S/C13H17ClN4Si/c1-9-10(6-5-7-15-9)17-13-16-8-11(12(14)18-13)19(2,3)4/h5-8H,1-4H3,(H,16,17,18). The van der Waals surface area contributed by atoms with Crippen LogP contribution in [0.25, 0.3) is 0 Å². The fraction of sp³-hybridized carbons (Fsp3) is 0.308. The van der Waals surface area contributed by atoms with Crippen LogP contribution in [0.1, 0.15) is 5.69 Å². The maximum absolute atomic E-state index is 6.25. The highest BCUT2D eigenvalue weighted by molar-refractivity contribution is 6.90. The minimum Gasteiger partial charge on any atom is -0.323 e. The molecule has 0 amide bonds. The van der Waals surface area contributed by atoms with Gasteiger partial charge >= 0.3 is 0 Å². The number of pyridine rings is 1. The molecule has 1 N–H and O–H groups in total. The lowest BCUT2D eigenvalue weighted by molar-refractivity contribution is 1.15. The first kappa shape index (κ1) is 14.0. The van der Waals surface area contributed by atoms with Gasteiger partial charge < -0.3 is 5.32 Å². The van der Waals surface area contributed by atoms with Crippen LogP contribution in [0.5, 0.6) is 0 Å². The van der Waals surface area contributed by atoms with Crippen LogP contribution in [0.4, 0.5) is 11.6 Å². The summed E-state index contributed by atoms with van der Waals surface area (Å²) in [6.07, 6.45) is 3.58. The summed E-state index contributed by atoms with van der Waals surface area (Å²) in [6.45, 7) is 8.59. The van der Waals surface area contributed by atoms with Gasteiger partial charge in [0.25, 0.3) is 0 Å². The number of anilines is 2. The molecule has 0 atom stereocenters. The van der Waals surface area contributed by atoms with Gasteiger partial charge in [-0.25, -0.2) is 9.97 Å². The molecule has 2 rings (SSSR count). The van der Waals surface area contributed by atoms with Gasteiger partial charge in [0.1, 0.15) is 5.15 Å². The predicted molar refractivity (Wildman–Crippen MR) is 82.3 cm³/mol. The number of aryl methyl sites for hydroxylation is 1. The van der Waals surface area contributed by atoms with E-state index in [-0.39, 0.29) is 0 Å². The molecule has 100 valence electrons. The highest BCUT2D eigenvalue weighted by atomic mass is 35.5. The summed E-state index contributed by atoms with van der Waals surface area (Å²) in [4.78, 5) is 12.9. The summed E-state index contributed by atoms with van der Waals surface area (Å²) in [6, 6.07) is 3.80. The zero-order valence-corrected chi connectivity index (χ0v) is 13.3. The Morgan fingerprint density at radius 2 is 1.95 bits per heavy atom. The van der Waals surface area contributed by atoms with E-state index in [2.05, 4.69) is 39.9 Å². The number of rotatable bonds is 3. The molecule has 0 fully saturated rings. The molecule has 0 aliphatic rings. The van der Waals surface area contributed by atoms with Gasteiger partial charge in [0.2, 0.25) is 5.95 Å². The van der Waals surface area contributed by atoms with Crippen molar-refractivity contribution in [3.8, 4) is 0 Å². The first-order valence-electron chi connectivity index (χ1n) is 6.09. The van der Waals surface area contributed by atoms with Gasteiger partial charge in [0.15, 0.2) is 0 Å². The first-order valence-corrected chi connectivity index (χ1v) is 9.97. The van der Waals surface area contributed by atoms with E-state index >= 15 is 0 Å². The van der Waals surface area contributed by atoms with Crippen LogP contribution in [-0.2, 0) is 0 Å². The maximum Gasteiger partial charge on any atom is 0.228 e. The lowest BCUT2D eigenvalue weighted by atomic mass is 10.3. The van der Waals surface area contributed by atoms with Gasteiger partial charge in [-0.1, -0.05) is 31.2 Å². The minimum atomic E-state index is -1.50. The van der Waals surface area contributed by atoms with Crippen LogP contribution in [0.2, 0.25) is 24.8 Å². The Hall–Kier alpha value is -1.46. The zero-order valence-electron chi connectivity index (χ0n) is 11.5. The average Bonchev–Trinajstić information content (AvgIpc) is 2.30. The molecular weight excluding hydrogens is 276 g/mol. The first-order chi connectivity index (χ1) is 8.88. The summed E-state index contributed by atoms with van der Waals surface area (Å²) < 4.78 is 0. The van der Waals surface area contributed by atoms with Crippen molar-refractivity contribution < 1.29 is 0 Å². The highest BCUT2D eigenvalue weighted by Gasteiger charge is 2.21. The van der Waals surface area contributed by atoms with Crippen molar-refractivity contribution in [2.75, 3.05) is 5.32 Å². The average molecular weight is 293 g/mol. The van der Waals surface area contributed by atoms with E-state index in [0.29, 0.717) is 11.1 Å². The van der Waals surface area contributed by atoms with E-state index in [4.69, 9.17) is 11.6 Å². The largest absolute Gasteiger partial charge is 0.323 e. The van der Waals surface area contributed by atoms with Crippen molar-refractivity contribution in [1.82, 2.24) is 15.0 Å². The van der Waals surface area contributed by atoms with Crippen LogP contribution in [0.15, 0.2) is 24.5 Å². The molecule has 0 aliphatic heterocycles. The summed E-state index contributed by atoms with van der Waals surface area (Å²) in [5.74, 6) is 0.503. The Balaban J connectivity index is 2.29. The second-order valence-electron chi connectivity index (χ2n) is 5.41. The zero-order chi connectivity index (χ0) is 14.0. The van der Waals surface area contributed by atoms with Gasteiger partial charge in [-0.05, 0) is 24.2 Å². The second kappa shape index (κ2) is 5.26. The SMILES string of the molecule is Cc1ncccc1Nc1ncc([Si](C)(C)C)c(Cl)n1. The third-order valence-corrected chi connectivity index (χ3v) is 5.23.